The van der Waals surface area contributed by atoms with Crippen LogP contribution in [0.25, 0.3) is 0 Å². The van der Waals surface area contributed by atoms with Crippen LogP contribution in [0.5, 0.6) is 0 Å². The Morgan fingerprint density at radius 1 is 0.654 bits per heavy atom. The zero-order valence-electron chi connectivity index (χ0n) is 15.5. The molecule has 5 heteroatoms. The Morgan fingerprint density at radius 3 is 1.46 bits per heavy atom. The lowest BCUT2D eigenvalue weighted by atomic mass is 9.96. The summed E-state index contributed by atoms with van der Waals surface area (Å²) in [5.74, 6) is 1.94. The van der Waals surface area contributed by atoms with Crippen LogP contribution >= 0.6 is 0 Å². The van der Waals surface area contributed by atoms with Crippen molar-refractivity contribution in [2.24, 2.45) is 0 Å². The molecule has 2 aromatic carbocycles. The maximum absolute atomic E-state index is 4.60. The van der Waals surface area contributed by atoms with E-state index in [9.17, 15) is 0 Å². The SMILES string of the molecule is CC(C)(C)c1nc(NCc2ccccc2)nc(NCc2ccccc2)n1. The van der Waals surface area contributed by atoms with Gasteiger partial charge in [0.05, 0.1) is 0 Å². The van der Waals surface area contributed by atoms with Gasteiger partial charge in [0.15, 0.2) is 0 Å². The van der Waals surface area contributed by atoms with Crippen LogP contribution in [0.1, 0.15) is 37.7 Å². The van der Waals surface area contributed by atoms with Gasteiger partial charge < -0.3 is 10.6 Å². The molecule has 0 spiro atoms. The first kappa shape index (κ1) is 17.9. The Kier molecular flexibility index (Phi) is 5.46. The minimum atomic E-state index is -0.157. The quantitative estimate of drug-likeness (QED) is 0.692. The summed E-state index contributed by atoms with van der Waals surface area (Å²) in [6.45, 7) is 7.65. The molecule has 0 atom stereocenters. The molecule has 5 nitrogen and oxygen atoms in total. The van der Waals surface area contributed by atoms with Crippen molar-refractivity contribution < 1.29 is 0 Å². The van der Waals surface area contributed by atoms with Crippen molar-refractivity contribution in [2.45, 2.75) is 39.3 Å². The van der Waals surface area contributed by atoms with Crippen LogP contribution < -0.4 is 10.6 Å². The largest absolute Gasteiger partial charge is 0.350 e. The molecule has 0 radical (unpaired) electrons. The fourth-order valence-electron chi connectivity index (χ4n) is 2.42. The van der Waals surface area contributed by atoms with E-state index in [2.05, 4.69) is 70.6 Å². The zero-order valence-corrected chi connectivity index (χ0v) is 15.5. The lowest BCUT2D eigenvalue weighted by molar-refractivity contribution is 0.543. The topological polar surface area (TPSA) is 62.7 Å². The third kappa shape index (κ3) is 5.02. The maximum Gasteiger partial charge on any atom is 0.228 e. The molecule has 0 unspecified atom stereocenters. The molecule has 134 valence electrons. The van der Waals surface area contributed by atoms with E-state index in [-0.39, 0.29) is 5.41 Å². The number of rotatable bonds is 6. The van der Waals surface area contributed by atoms with E-state index in [0.29, 0.717) is 25.0 Å². The first-order chi connectivity index (χ1) is 12.5. The molecule has 3 rings (SSSR count). The average molecular weight is 347 g/mol. The van der Waals surface area contributed by atoms with Gasteiger partial charge in [-0.15, -0.1) is 0 Å². The van der Waals surface area contributed by atoms with Crippen LogP contribution in [-0.4, -0.2) is 15.0 Å². The minimum absolute atomic E-state index is 0.157. The van der Waals surface area contributed by atoms with Crippen molar-refractivity contribution in [2.75, 3.05) is 10.6 Å². The van der Waals surface area contributed by atoms with Crippen molar-refractivity contribution in [3.05, 3.63) is 77.6 Å². The van der Waals surface area contributed by atoms with Crippen LogP contribution in [0.2, 0.25) is 0 Å². The van der Waals surface area contributed by atoms with Crippen molar-refractivity contribution in [1.82, 2.24) is 15.0 Å². The average Bonchev–Trinajstić information content (AvgIpc) is 2.66. The summed E-state index contributed by atoms with van der Waals surface area (Å²) in [6.07, 6.45) is 0. The number of nitrogens with one attached hydrogen (secondary N) is 2. The van der Waals surface area contributed by atoms with Gasteiger partial charge >= 0.3 is 0 Å². The highest BCUT2D eigenvalue weighted by molar-refractivity contribution is 5.37. The van der Waals surface area contributed by atoms with Gasteiger partial charge in [0.25, 0.3) is 0 Å². The number of nitrogens with zero attached hydrogens (tertiary/aromatic N) is 3. The molecule has 1 aromatic heterocycles. The van der Waals surface area contributed by atoms with E-state index in [0.717, 1.165) is 5.82 Å². The smallest absolute Gasteiger partial charge is 0.228 e. The second kappa shape index (κ2) is 7.95. The molecule has 2 N–H and O–H groups in total. The Balaban J connectivity index is 1.77. The van der Waals surface area contributed by atoms with Crippen LogP contribution in [0, 0.1) is 0 Å². The first-order valence-corrected chi connectivity index (χ1v) is 8.83. The van der Waals surface area contributed by atoms with Crippen molar-refractivity contribution in [3.8, 4) is 0 Å². The molecule has 0 fully saturated rings. The number of aromatic nitrogens is 3. The number of anilines is 2. The normalized spacial score (nSPS) is 11.2. The van der Waals surface area contributed by atoms with Gasteiger partial charge in [-0.3, -0.25) is 0 Å². The molecule has 0 aliphatic carbocycles. The Morgan fingerprint density at radius 2 is 1.08 bits per heavy atom. The van der Waals surface area contributed by atoms with Crippen LogP contribution in [0.4, 0.5) is 11.9 Å². The van der Waals surface area contributed by atoms with Gasteiger partial charge in [-0.2, -0.15) is 15.0 Å². The van der Waals surface area contributed by atoms with E-state index < -0.39 is 0 Å². The van der Waals surface area contributed by atoms with Crippen molar-refractivity contribution >= 4 is 11.9 Å². The van der Waals surface area contributed by atoms with E-state index in [4.69, 9.17) is 0 Å². The Hall–Kier alpha value is -2.95. The molecule has 0 saturated heterocycles. The summed E-state index contributed by atoms with van der Waals surface area (Å²) < 4.78 is 0. The highest BCUT2D eigenvalue weighted by atomic mass is 15.2. The molecule has 0 amide bonds. The molecule has 0 aliphatic rings. The molecular formula is C21H25N5. The summed E-state index contributed by atoms with van der Waals surface area (Å²) in [5, 5.41) is 6.62. The van der Waals surface area contributed by atoms with E-state index in [1.165, 1.54) is 11.1 Å². The molecule has 3 aromatic rings. The fraction of sp³-hybridized carbons (Fsp3) is 0.286. The van der Waals surface area contributed by atoms with Gasteiger partial charge in [-0.1, -0.05) is 81.4 Å². The van der Waals surface area contributed by atoms with Crippen LogP contribution in [-0.2, 0) is 18.5 Å². The van der Waals surface area contributed by atoms with Gasteiger partial charge in [-0.25, -0.2) is 0 Å². The van der Waals surface area contributed by atoms with Gasteiger partial charge in [0.1, 0.15) is 5.82 Å². The molecule has 26 heavy (non-hydrogen) atoms. The lowest BCUT2D eigenvalue weighted by Crippen LogP contribution is -2.20. The second-order valence-corrected chi connectivity index (χ2v) is 7.23. The molecule has 0 bridgehead atoms. The Bertz CT molecular complexity index is 764. The summed E-state index contributed by atoms with van der Waals surface area (Å²) in [7, 11) is 0. The van der Waals surface area contributed by atoms with Crippen LogP contribution in [0.3, 0.4) is 0 Å². The lowest BCUT2D eigenvalue weighted by Gasteiger charge is -2.18. The number of hydrogen-bond donors (Lipinski definition) is 2. The third-order valence-corrected chi connectivity index (χ3v) is 3.89. The number of hydrogen-bond acceptors (Lipinski definition) is 5. The van der Waals surface area contributed by atoms with Crippen molar-refractivity contribution in [3.63, 3.8) is 0 Å². The van der Waals surface area contributed by atoms with Gasteiger partial charge in [0.2, 0.25) is 11.9 Å². The second-order valence-electron chi connectivity index (χ2n) is 7.23. The minimum Gasteiger partial charge on any atom is -0.350 e. The summed E-state index contributed by atoms with van der Waals surface area (Å²) in [6, 6.07) is 20.4. The van der Waals surface area contributed by atoms with E-state index >= 15 is 0 Å². The summed E-state index contributed by atoms with van der Waals surface area (Å²) >= 11 is 0. The van der Waals surface area contributed by atoms with Gasteiger partial charge in [-0.05, 0) is 11.1 Å². The third-order valence-electron chi connectivity index (χ3n) is 3.89. The number of benzene rings is 2. The Labute approximate surface area is 154 Å². The van der Waals surface area contributed by atoms with Crippen LogP contribution in [0.15, 0.2) is 60.7 Å². The molecular weight excluding hydrogens is 322 g/mol. The standard InChI is InChI=1S/C21H25N5/c1-21(2,3)18-24-19(22-14-16-10-6-4-7-11-16)26-20(25-18)23-15-17-12-8-5-9-13-17/h4-13H,14-15H2,1-3H3,(H2,22,23,24,25,26). The first-order valence-electron chi connectivity index (χ1n) is 8.83. The molecule has 0 aliphatic heterocycles. The predicted octanol–water partition coefficient (Wildman–Crippen LogP) is 4.39. The molecule has 1 heterocycles. The maximum atomic E-state index is 4.60. The highest BCUT2D eigenvalue weighted by Crippen LogP contribution is 2.21. The van der Waals surface area contributed by atoms with Crippen molar-refractivity contribution in [1.29, 1.82) is 0 Å². The predicted molar refractivity (Wildman–Crippen MR) is 106 cm³/mol. The highest BCUT2D eigenvalue weighted by Gasteiger charge is 2.20. The zero-order chi connectivity index (χ0) is 18.4. The molecule has 0 saturated carbocycles. The summed E-state index contributed by atoms with van der Waals surface area (Å²) in [5.41, 5.74) is 2.21. The fourth-order valence-corrected chi connectivity index (χ4v) is 2.42. The summed E-state index contributed by atoms with van der Waals surface area (Å²) in [4.78, 5) is 13.7. The van der Waals surface area contributed by atoms with Gasteiger partial charge in [0, 0.05) is 18.5 Å². The monoisotopic (exact) mass is 347 g/mol. The van der Waals surface area contributed by atoms with E-state index in [1.54, 1.807) is 0 Å². The van der Waals surface area contributed by atoms with E-state index in [1.807, 2.05) is 36.4 Å².